The smallest absolute Gasteiger partial charge is 0.241 e. The molecule has 0 radical (unpaired) electrons. The number of nitrogens with one attached hydrogen (secondary N) is 2. The van der Waals surface area contributed by atoms with Gasteiger partial charge in [0.05, 0.1) is 32.3 Å². The van der Waals surface area contributed by atoms with Gasteiger partial charge >= 0.3 is 0 Å². The van der Waals surface area contributed by atoms with Gasteiger partial charge in [-0.3, -0.25) is 4.79 Å². The van der Waals surface area contributed by atoms with Gasteiger partial charge in [0.15, 0.2) is 11.5 Å². The molecule has 3 aromatic rings. The van der Waals surface area contributed by atoms with E-state index in [1.165, 1.54) is 32.4 Å². The number of methoxy groups -OCH3 is 3. The number of sulfonamides is 1. The summed E-state index contributed by atoms with van der Waals surface area (Å²) in [6.45, 7) is 1.84. The van der Waals surface area contributed by atoms with Crippen molar-refractivity contribution in [2.45, 2.75) is 30.3 Å². The van der Waals surface area contributed by atoms with Gasteiger partial charge in [0.2, 0.25) is 15.9 Å². The molecule has 9 heteroatoms. The Hall–Kier alpha value is -3.56. The minimum Gasteiger partial charge on any atom is -0.497 e. The number of amides is 1. The summed E-state index contributed by atoms with van der Waals surface area (Å²) in [6.07, 6.45) is 0.175. The van der Waals surface area contributed by atoms with Gasteiger partial charge in [-0.25, -0.2) is 8.42 Å². The summed E-state index contributed by atoms with van der Waals surface area (Å²) in [6, 6.07) is 19.4. The molecule has 0 saturated heterocycles. The number of ether oxygens (including phenoxy) is 3. The molecule has 0 aliphatic rings. The summed E-state index contributed by atoms with van der Waals surface area (Å²) in [4.78, 5) is 13.2. The zero-order valence-corrected chi connectivity index (χ0v) is 21.0. The molecule has 0 heterocycles. The summed E-state index contributed by atoms with van der Waals surface area (Å²) in [5.74, 6) is 0.934. The maximum absolute atomic E-state index is 13.3. The van der Waals surface area contributed by atoms with Crippen LogP contribution in [-0.2, 0) is 21.2 Å². The minimum absolute atomic E-state index is 0.0378. The molecule has 1 amide bonds. The fraction of sp³-hybridized carbons (Fsp3) is 0.269. The molecule has 2 unspecified atom stereocenters. The number of benzene rings is 3. The van der Waals surface area contributed by atoms with E-state index in [0.717, 1.165) is 11.1 Å². The Morgan fingerprint density at radius 3 is 2.11 bits per heavy atom. The van der Waals surface area contributed by atoms with Crippen molar-refractivity contribution in [3.63, 3.8) is 0 Å². The first-order valence-electron chi connectivity index (χ1n) is 11.0. The second-order valence-electron chi connectivity index (χ2n) is 7.88. The number of rotatable bonds is 11. The molecule has 3 aromatic carbocycles. The summed E-state index contributed by atoms with van der Waals surface area (Å²) >= 11 is 0. The zero-order valence-electron chi connectivity index (χ0n) is 20.1. The van der Waals surface area contributed by atoms with E-state index in [1.807, 2.05) is 49.4 Å². The highest BCUT2D eigenvalue weighted by molar-refractivity contribution is 7.89. The second-order valence-corrected chi connectivity index (χ2v) is 9.60. The lowest BCUT2D eigenvalue weighted by molar-refractivity contribution is -0.123. The van der Waals surface area contributed by atoms with Crippen LogP contribution < -0.4 is 24.2 Å². The van der Waals surface area contributed by atoms with Crippen molar-refractivity contribution in [3.8, 4) is 17.2 Å². The van der Waals surface area contributed by atoms with Crippen molar-refractivity contribution in [1.82, 2.24) is 10.0 Å². The standard InChI is InChI=1S/C26H30N2O6S/c1-18(20-10-12-21(32-2)13-11-20)27-26(29)23(16-19-8-6-5-7-9-19)28-35(30,31)22-14-15-24(33-3)25(17-22)34-4/h5-15,17-18,23,28H,16H2,1-4H3,(H,27,29). The van der Waals surface area contributed by atoms with E-state index in [0.29, 0.717) is 11.5 Å². The third-order valence-electron chi connectivity index (χ3n) is 5.54. The van der Waals surface area contributed by atoms with Crippen LogP contribution in [0.3, 0.4) is 0 Å². The Morgan fingerprint density at radius 1 is 0.857 bits per heavy atom. The molecule has 0 fully saturated rings. The van der Waals surface area contributed by atoms with Crippen LogP contribution in [0.5, 0.6) is 17.2 Å². The molecule has 2 N–H and O–H groups in total. The molecule has 3 rings (SSSR count). The number of carbonyl (C=O) groups excluding carboxylic acids is 1. The van der Waals surface area contributed by atoms with Crippen molar-refractivity contribution >= 4 is 15.9 Å². The molecule has 8 nitrogen and oxygen atoms in total. The first-order valence-corrected chi connectivity index (χ1v) is 12.5. The van der Waals surface area contributed by atoms with E-state index in [1.54, 1.807) is 19.2 Å². The molecule has 0 spiro atoms. The highest BCUT2D eigenvalue weighted by Crippen LogP contribution is 2.29. The fourth-order valence-corrected chi connectivity index (χ4v) is 4.78. The van der Waals surface area contributed by atoms with Crippen LogP contribution in [0.15, 0.2) is 77.7 Å². The van der Waals surface area contributed by atoms with E-state index in [-0.39, 0.29) is 23.1 Å². The molecular formula is C26H30N2O6S. The van der Waals surface area contributed by atoms with Crippen molar-refractivity contribution in [1.29, 1.82) is 0 Å². The monoisotopic (exact) mass is 498 g/mol. The van der Waals surface area contributed by atoms with Gasteiger partial charge in [-0.2, -0.15) is 4.72 Å². The van der Waals surface area contributed by atoms with Crippen molar-refractivity contribution < 1.29 is 27.4 Å². The lowest BCUT2D eigenvalue weighted by atomic mass is 10.0. The Bertz CT molecular complexity index is 1230. The maximum Gasteiger partial charge on any atom is 0.241 e. The number of hydrogen-bond donors (Lipinski definition) is 2. The van der Waals surface area contributed by atoms with E-state index in [9.17, 15) is 13.2 Å². The Balaban J connectivity index is 1.85. The average Bonchev–Trinajstić information content (AvgIpc) is 2.88. The molecule has 0 aromatic heterocycles. The van der Waals surface area contributed by atoms with Crippen molar-refractivity contribution in [3.05, 3.63) is 83.9 Å². The highest BCUT2D eigenvalue weighted by atomic mass is 32.2. The third-order valence-corrected chi connectivity index (χ3v) is 7.01. The summed E-state index contributed by atoms with van der Waals surface area (Å²) in [5, 5.41) is 2.92. The molecule has 0 aliphatic heterocycles. The van der Waals surface area contributed by atoms with Crippen molar-refractivity contribution in [2.24, 2.45) is 0 Å². The third kappa shape index (κ3) is 6.74. The molecular weight excluding hydrogens is 468 g/mol. The minimum atomic E-state index is -4.05. The predicted octanol–water partition coefficient (Wildman–Crippen LogP) is 3.48. The van der Waals surface area contributed by atoms with Gasteiger partial charge in [0.1, 0.15) is 11.8 Å². The van der Waals surface area contributed by atoms with Crippen LogP contribution in [-0.4, -0.2) is 41.7 Å². The molecule has 0 bridgehead atoms. The molecule has 35 heavy (non-hydrogen) atoms. The summed E-state index contributed by atoms with van der Waals surface area (Å²) in [5.41, 5.74) is 1.68. The van der Waals surface area contributed by atoms with Crippen LogP contribution in [0.1, 0.15) is 24.1 Å². The maximum atomic E-state index is 13.3. The predicted molar refractivity (Wildman–Crippen MR) is 133 cm³/mol. The van der Waals surface area contributed by atoms with Crippen molar-refractivity contribution in [2.75, 3.05) is 21.3 Å². The van der Waals surface area contributed by atoms with E-state index < -0.39 is 22.0 Å². The Morgan fingerprint density at radius 2 is 1.51 bits per heavy atom. The first kappa shape index (κ1) is 26.1. The summed E-state index contributed by atoms with van der Waals surface area (Å²) in [7, 11) is 0.419. The Kier molecular flexibility index (Phi) is 8.73. The molecule has 0 aliphatic carbocycles. The quantitative estimate of drug-likeness (QED) is 0.420. The molecule has 2 atom stereocenters. The van der Waals surface area contributed by atoms with Gasteiger partial charge in [-0.15, -0.1) is 0 Å². The number of carbonyl (C=O) groups is 1. The van der Waals surface area contributed by atoms with E-state index in [2.05, 4.69) is 10.0 Å². The highest BCUT2D eigenvalue weighted by Gasteiger charge is 2.28. The number of hydrogen-bond acceptors (Lipinski definition) is 6. The first-order chi connectivity index (χ1) is 16.8. The van der Waals surface area contributed by atoms with Crippen LogP contribution >= 0.6 is 0 Å². The largest absolute Gasteiger partial charge is 0.497 e. The van der Waals surface area contributed by atoms with Gasteiger partial charge in [-0.05, 0) is 48.7 Å². The van der Waals surface area contributed by atoms with Crippen LogP contribution in [0.4, 0.5) is 0 Å². The zero-order chi connectivity index (χ0) is 25.4. The van der Waals surface area contributed by atoms with Gasteiger partial charge < -0.3 is 19.5 Å². The van der Waals surface area contributed by atoms with Crippen LogP contribution in [0.2, 0.25) is 0 Å². The van der Waals surface area contributed by atoms with E-state index >= 15 is 0 Å². The summed E-state index contributed by atoms with van der Waals surface area (Å²) < 4.78 is 44.6. The normalized spacial score (nSPS) is 12.9. The molecule has 186 valence electrons. The Labute approximate surface area is 206 Å². The van der Waals surface area contributed by atoms with Crippen LogP contribution in [0, 0.1) is 0 Å². The van der Waals surface area contributed by atoms with Gasteiger partial charge in [0.25, 0.3) is 0 Å². The lowest BCUT2D eigenvalue weighted by Crippen LogP contribution is -2.48. The SMILES string of the molecule is COc1ccc(C(C)NC(=O)C(Cc2ccccc2)NS(=O)(=O)c2ccc(OC)c(OC)c2)cc1. The lowest BCUT2D eigenvalue weighted by Gasteiger charge is -2.22. The fourth-order valence-electron chi connectivity index (χ4n) is 3.57. The van der Waals surface area contributed by atoms with Gasteiger partial charge in [0, 0.05) is 6.07 Å². The average molecular weight is 499 g/mol. The topological polar surface area (TPSA) is 103 Å². The van der Waals surface area contributed by atoms with Crippen LogP contribution in [0.25, 0.3) is 0 Å². The molecule has 0 saturated carbocycles. The van der Waals surface area contributed by atoms with Gasteiger partial charge in [-0.1, -0.05) is 42.5 Å². The van der Waals surface area contributed by atoms with E-state index in [4.69, 9.17) is 14.2 Å². The second kappa shape index (κ2) is 11.7.